The van der Waals surface area contributed by atoms with Crippen molar-refractivity contribution >= 4 is 28.3 Å². The Balaban J connectivity index is 0.00000280. The maximum atomic E-state index is 13.2. The van der Waals surface area contributed by atoms with Gasteiger partial charge in [-0.3, -0.25) is 4.79 Å². The smallest absolute Gasteiger partial charge is 0.251 e. The van der Waals surface area contributed by atoms with Gasteiger partial charge in [-0.05, 0) is 81.8 Å². The lowest BCUT2D eigenvalue weighted by Crippen LogP contribution is -2.42. The number of carbonyl (C=O) groups excluding carboxylic acids is 1. The molecule has 2 saturated heterocycles. The van der Waals surface area contributed by atoms with E-state index in [0.29, 0.717) is 24.6 Å². The van der Waals surface area contributed by atoms with Crippen molar-refractivity contribution in [2.75, 3.05) is 26.2 Å². The van der Waals surface area contributed by atoms with Crippen molar-refractivity contribution in [2.24, 2.45) is 5.92 Å². The summed E-state index contributed by atoms with van der Waals surface area (Å²) in [6, 6.07) is 3.50. The van der Waals surface area contributed by atoms with Gasteiger partial charge in [0, 0.05) is 24.7 Å². The van der Waals surface area contributed by atoms with Crippen molar-refractivity contribution in [2.45, 2.75) is 57.4 Å². The Bertz CT molecular complexity index is 799. The molecule has 0 aliphatic carbocycles. The highest BCUT2D eigenvalue weighted by atomic mass is 35.5. The van der Waals surface area contributed by atoms with Gasteiger partial charge in [-0.15, -0.1) is 12.4 Å². The zero-order valence-corrected chi connectivity index (χ0v) is 18.6. The number of rotatable bonds is 4. The summed E-state index contributed by atoms with van der Waals surface area (Å²) in [4.78, 5) is 13.0. The average molecular weight is 430 g/mol. The fourth-order valence-electron chi connectivity index (χ4n) is 3.83. The van der Waals surface area contributed by atoms with Gasteiger partial charge in [0.2, 0.25) is 10.0 Å². The van der Waals surface area contributed by atoms with Crippen LogP contribution in [-0.2, 0) is 10.0 Å². The second-order valence-corrected chi connectivity index (χ2v) is 9.91. The molecule has 6 nitrogen and oxygen atoms in total. The Hall–Kier alpha value is -1.15. The molecule has 2 aliphatic rings. The Morgan fingerprint density at radius 2 is 1.71 bits per heavy atom. The van der Waals surface area contributed by atoms with E-state index >= 15 is 0 Å². The van der Waals surface area contributed by atoms with Gasteiger partial charge in [-0.1, -0.05) is 6.92 Å². The summed E-state index contributed by atoms with van der Waals surface area (Å²) in [5.74, 6) is 0.370. The van der Waals surface area contributed by atoms with Gasteiger partial charge in [-0.2, -0.15) is 4.31 Å². The van der Waals surface area contributed by atoms with Crippen molar-refractivity contribution in [3.8, 4) is 0 Å². The van der Waals surface area contributed by atoms with Crippen LogP contribution < -0.4 is 10.6 Å². The largest absolute Gasteiger partial charge is 0.349 e. The quantitative estimate of drug-likeness (QED) is 0.771. The second kappa shape index (κ2) is 9.57. The van der Waals surface area contributed by atoms with Crippen molar-refractivity contribution in [1.82, 2.24) is 14.9 Å². The summed E-state index contributed by atoms with van der Waals surface area (Å²) < 4.78 is 28.0. The van der Waals surface area contributed by atoms with Crippen molar-refractivity contribution in [3.63, 3.8) is 0 Å². The minimum absolute atomic E-state index is 0. The lowest BCUT2D eigenvalue weighted by atomic mass is 10.0. The third kappa shape index (κ3) is 5.06. The molecule has 3 rings (SSSR count). The number of hydrogen-bond acceptors (Lipinski definition) is 4. The van der Waals surface area contributed by atoms with Gasteiger partial charge >= 0.3 is 0 Å². The van der Waals surface area contributed by atoms with Crippen LogP contribution in [0.2, 0.25) is 0 Å². The van der Waals surface area contributed by atoms with E-state index in [1.165, 1.54) is 0 Å². The van der Waals surface area contributed by atoms with E-state index in [2.05, 4.69) is 17.6 Å². The van der Waals surface area contributed by atoms with Crippen LogP contribution in [0.4, 0.5) is 0 Å². The highest BCUT2D eigenvalue weighted by Crippen LogP contribution is 2.28. The van der Waals surface area contributed by atoms with Gasteiger partial charge in [0.15, 0.2) is 0 Å². The third-order valence-corrected chi connectivity index (χ3v) is 7.94. The molecule has 0 saturated carbocycles. The molecule has 2 heterocycles. The molecule has 8 heteroatoms. The molecule has 2 fully saturated rings. The number of sulfonamides is 1. The van der Waals surface area contributed by atoms with Crippen LogP contribution in [0.15, 0.2) is 17.0 Å². The van der Waals surface area contributed by atoms with E-state index in [1.54, 1.807) is 16.4 Å². The predicted octanol–water partition coefficient (Wildman–Crippen LogP) is 2.63. The summed E-state index contributed by atoms with van der Waals surface area (Å²) in [5.41, 5.74) is 1.99. The number of amides is 1. The molecule has 1 aromatic carbocycles. The predicted molar refractivity (Wildman–Crippen MR) is 114 cm³/mol. The van der Waals surface area contributed by atoms with Crippen LogP contribution in [0.5, 0.6) is 0 Å². The maximum absolute atomic E-state index is 13.2. The van der Waals surface area contributed by atoms with E-state index in [-0.39, 0.29) is 29.3 Å². The van der Waals surface area contributed by atoms with Gasteiger partial charge in [-0.25, -0.2) is 8.42 Å². The van der Waals surface area contributed by atoms with Crippen LogP contribution in [0.3, 0.4) is 0 Å². The number of piperidine rings is 2. The molecule has 158 valence electrons. The number of carbonyl (C=O) groups is 1. The van der Waals surface area contributed by atoms with Gasteiger partial charge in [0.05, 0.1) is 4.90 Å². The second-order valence-electron chi connectivity index (χ2n) is 8.00. The molecule has 28 heavy (non-hydrogen) atoms. The molecular weight excluding hydrogens is 398 g/mol. The minimum atomic E-state index is -3.58. The standard InChI is InChI=1S/C20H31N3O3S.ClH/c1-14-6-10-23(11-7-14)27(25,26)19-13-17(12-15(2)16(19)3)20(24)22-18-4-8-21-9-5-18;/h12-14,18,21H,4-11H2,1-3H3,(H,22,24);1H. The molecule has 1 amide bonds. The number of benzene rings is 1. The van der Waals surface area contributed by atoms with E-state index < -0.39 is 10.0 Å². The molecule has 2 N–H and O–H groups in total. The molecule has 1 aromatic rings. The molecule has 0 bridgehead atoms. The topological polar surface area (TPSA) is 78.5 Å². The van der Waals surface area contributed by atoms with Crippen molar-refractivity contribution in [1.29, 1.82) is 0 Å². The number of aryl methyl sites for hydroxylation is 1. The van der Waals surface area contributed by atoms with Crippen LogP contribution in [-0.4, -0.2) is 50.9 Å². The Kier molecular flexibility index (Phi) is 7.90. The first-order valence-electron chi connectivity index (χ1n) is 9.92. The number of nitrogens with one attached hydrogen (secondary N) is 2. The molecule has 0 unspecified atom stereocenters. The maximum Gasteiger partial charge on any atom is 0.251 e. The lowest BCUT2D eigenvalue weighted by molar-refractivity contribution is 0.0929. The third-order valence-electron chi connectivity index (χ3n) is 5.92. The van der Waals surface area contributed by atoms with Crippen LogP contribution in [0.25, 0.3) is 0 Å². The number of halogens is 1. The van der Waals surface area contributed by atoms with Gasteiger partial charge < -0.3 is 10.6 Å². The Morgan fingerprint density at radius 1 is 1.11 bits per heavy atom. The van der Waals surface area contributed by atoms with E-state index in [9.17, 15) is 13.2 Å². The zero-order valence-electron chi connectivity index (χ0n) is 17.0. The van der Waals surface area contributed by atoms with Crippen molar-refractivity contribution in [3.05, 3.63) is 28.8 Å². The molecular formula is C20H32ClN3O3S. The highest BCUT2D eigenvalue weighted by molar-refractivity contribution is 7.89. The first-order chi connectivity index (χ1) is 12.8. The first kappa shape index (κ1) is 23.1. The zero-order chi connectivity index (χ0) is 19.6. The summed E-state index contributed by atoms with van der Waals surface area (Å²) in [7, 11) is -3.58. The van der Waals surface area contributed by atoms with Crippen LogP contribution >= 0.6 is 12.4 Å². The molecule has 0 atom stereocenters. The van der Waals surface area contributed by atoms with E-state index in [4.69, 9.17) is 0 Å². The average Bonchev–Trinajstić information content (AvgIpc) is 2.64. The fourth-order valence-corrected chi connectivity index (χ4v) is 5.62. The molecule has 2 aliphatic heterocycles. The summed E-state index contributed by atoms with van der Waals surface area (Å²) in [5, 5.41) is 6.34. The van der Waals surface area contributed by atoms with E-state index in [1.807, 2.05) is 13.8 Å². The van der Waals surface area contributed by atoms with Gasteiger partial charge in [0.25, 0.3) is 5.91 Å². The fraction of sp³-hybridized carbons (Fsp3) is 0.650. The number of nitrogens with zero attached hydrogens (tertiary/aromatic N) is 1. The lowest BCUT2D eigenvalue weighted by Gasteiger charge is -2.30. The SMILES string of the molecule is Cc1cc(C(=O)NC2CCNCC2)cc(S(=O)(=O)N2CCC(C)CC2)c1C.Cl. The van der Waals surface area contributed by atoms with Crippen molar-refractivity contribution < 1.29 is 13.2 Å². The van der Waals surface area contributed by atoms with E-state index in [0.717, 1.165) is 49.9 Å². The monoisotopic (exact) mass is 429 g/mol. The summed E-state index contributed by atoms with van der Waals surface area (Å²) >= 11 is 0. The Labute approximate surface area is 174 Å². The summed E-state index contributed by atoms with van der Waals surface area (Å²) in [6.45, 7) is 8.74. The van der Waals surface area contributed by atoms with Crippen LogP contribution in [0, 0.1) is 19.8 Å². The van der Waals surface area contributed by atoms with Gasteiger partial charge in [0.1, 0.15) is 0 Å². The molecule has 0 radical (unpaired) electrons. The van der Waals surface area contributed by atoms with Crippen LogP contribution in [0.1, 0.15) is 54.1 Å². The highest BCUT2D eigenvalue weighted by Gasteiger charge is 2.30. The minimum Gasteiger partial charge on any atom is -0.349 e. The summed E-state index contributed by atoms with van der Waals surface area (Å²) in [6.07, 6.45) is 3.56. The molecule has 0 aromatic heterocycles. The normalized spacial score (nSPS) is 19.8. The Morgan fingerprint density at radius 3 is 2.32 bits per heavy atom. The first-order valence-corrected chi connectivity index (χ1v) is 11.4. The molecule has 0 spiro atoms. The number of hydrogen-bond donors (Lipinski definition) is 2.